The minimum Gasteiger partial charge on any atom is -0.491 e. The number of phosphoric ester groups is 1. The van der Waals surface area contributed by atoms with Crippen LogP contribution < -0.4 is 4.74 Å². The first kappa shape index (κ1) is 69.5. The van der Waals surface area contributed by atoms with Crippen molar-refractivity contribution in [1.29, 1.82) is 0 Å². The highest BCUT2D eigenvalue weighted by atomic mass is 31.2. The zero-order chi connectivity index (χ0) is 52.5. The van der Waals surface area contributed by atoms with Crippen LogP contribution in [0.25, 0.3) is 0 Å². The van der Waals surface area contributed by atoms with E-state index in [2.05, 4.69) is 84.9 Å². The second kappa shape index (κ2) is 42.7. The van der Waals surface area contributed by atoms with E-state index < -0.39 is 19.9 Å². The normalized spacial score (nSPS) is 13.6. The molecule has 0 N–H and O–H groups in total. The van der Waals surface area contributed by atoms with Gasteiger partial charge in [0.1, 0.15) is 32.1 Å². The molecule has 0 spiro atoms. The summed E-state index contributed by atoms with van der Waals surface area (Å²) in [4.78, 5) is 26.1. The molecule has 10 nitrogen and oxygen atoms in total. The molecule has 0 saturated carbocycles. The summed E-state index contributed by atoms with van der Waals surface area (Å²) in [5, 5.41) is 0. The van der Waals surface area contributed by atoms with Gasteiger partial charge >= 0.3 is 19.8 Å². The Morgan fingerprint density at radius 2 is 0.986 bits per heavy atom. The van der Waals surface area contributed by atoms with Crippen molar-refractivity contribution < 1.29 is 46.4 Å². The Kier molecular flexibility index (Phi) is 41.2. The SMILES string of the molecule is CCCCCCCC/C=C\CCCCCCCC(=O)OC[C@H](COP(=O)(OCCOc1ccc(C(C)(C)CC(C)(C)C)cc1)OCC[N+](C)(C)C)OC(=O)CCCCCCC/C=C\CCCCCCCC.[CH3-]. The van der Waals surface area contributed by atoms with E-state index in [0.717, 1.165) is 77.0 Å². The number of quaternary nitrogens is 1. The smallest absolute Gasteiger partial charge is 0.475 e. The van der Waals surface area contributed by atoms with Gasteiger partial charge in [-0.15, -0.1) is 0 Å². The van der Waals surface area contributed by atoms with Crippen molar-refractivity contribution in [3.63, 3.8) is 0 Å². The van der Waals surface area contributed by atoms with Crippen LogP contribution >= 0.6 is 7.82 Å². The summed E-state index contributed by atoms with van der Waals surface area (Å²) >= 11 is 0. The minimum atomic E-state index is -4.15. The van der Waals surface area contributed by atoms with E-state index in [4.69, 9.17) is 27.8 Å². The monoisotopic (exact) mass is 1030 g/mol. The van der Waals surface area contributed by atoms with E-state index in [9.17, 15) is 14.2 Å². The first-order chi connectivity index (χ1) is 33.9. The van der Waals surface area contributed by atoms with E-state index in [-0.39, 0.29) is 70.1 Å². The number of benzene rings is 1. The number of ether oxygens (including phenoxy) is 3. The lowest BCUT2D eigenvalue weighted by atomic mass is 9.72. The minimum absolute atomic E-state index is 0. The first-order valence-electron chi connectivity index (χ1n) is 28.6. The van der Waals surface area contributed by atoms with Gasteiger partial charge in [-0.1, -0.05) is 188 Å². The lowest BCUT2D eigenvalue weighted by molar-refractivity contribution is -0.870. The molecule has 0 aliphatic carbocycles. The number of rotatable bonds is 47. The molecule has 0 heterocycles. The molecule has 0 saturated heterocycles. The van der Waals surface area contributed by atoms with Crippen molar-refractivity contribution in [2.24, 2.45) is 5.41 Å². The second-order valence-corrected chi connectivity index (χ2v) is 24.5. The van der Waals surface area contributed by atoms with Crippen LogP contribution in [0.3, 0.4) is 0 Å². The van der Waals surface area contributed by atoms with Crippen molar-refractivity contribution in [2.75, 3.05) is 60.7 Å². The summed E-state index contributed by atoms with van der Waals surface area (Å²) in [5.74, 6) is -0.0950. The zero-order valence-corrected chi connectivity index (χ0v) is 49.4. The summed E-state index contributed by atoms with van der Waals surface area (Å²) in [7, 11) is 1.88. The van der Waals surface area contributed by atoms with Crippen LogP contribution in [-0.2, 0) is 42.6 Å². The highest BCUT2D eigenvalue weighted by Crippen LogP contribution is 2.49. The van der Waals surface area contributed by atoms with Crippen LogP contribution in [0.4, 0.5) is 0 Å². The summed E-state index contributed by atoms with van der Waals surface area (Å²) in [6.45, 7) is 16.0. The predicted octanol–water partition coefficient (Wildman–Crippen LogP) is 17.6. The van der Waals surface area contributed by atoms with Gasteiger partial charge < -0.3 is 26.1 Å². The number of hydrogen-bond donors (Lipinski definition) is 0. The molecule has 0 radical (unpaired) electrons. The number of nitrogens with zero attached hydrogens (tertiary/aromatic N) is 1. The average molecular weight is 1030 g/mol. The maximum atomic E-state index is 14.1. The van der Waals surface area contributed by atoms with Gasteiger partial charge in [-0.05, 0) is 99.2 Å². The lowest BCUT2D eigenvalue weighted by Crippen LogP contribution is -2.37. The molecule has 1 aromatic rings. The Bertz CT molecular complexity index is 1560. The predicted molar refractivity (Wildman–Crippen MR) is 304 cm³/mol. The van der Waals surface area contributed by atoms with Crippen molar-refractivity contribution in [3.8, 4) is 5.75 Å². The number of carbonyl (C=O) groups is 2. The van der Waals surface area contributed by atoms with Crippen LogP contribution in [0.5, 0.6) is 5.75 Å². The number of esters is 2. The van der Waals surface area contributed by atoms with Gasteiger partial charge in [0.05, 0.1) is 34.4 Å². The van der Waals surface area contributed by atoms with Gasteiger partial charge in [-0.25, -0.2) is 4.57 Å². The molecule has 0 aliphatic rings. The molecule has 420 valence electrons. The Labute approximate surface area is 444 Å². The van der Waals surface area contributed by atoms with Crippen LogP contribution in [0.1, 0.15) is 240 Å². The highest BCUT2D eigenvalue weighted by molar-refractivity contribution is 7.48. The second-order valence-electron chi connectivity index (χ2n) is 22.9. The fraction of sp³-hybridized carbons (Fsp3) is 0.787. The van der Waals surface area contributed by atoms with E-state index in [1.54, 1.807) is 0 Å². The Balaban J connectivity index is 0.0000504. The molecule has 1 aromatic carbocycles. The molecule has 1 rings (SSSR count). The van der Waals surface area contributed by atoms with Crippen molar-refractivity contribution in [1.82, 2.24) is 0 Å². The largest absolute Gasteiger partial charge is 0.491 e. The first-order valence-corrected chi connectivity index (χ1v) is 30.1. The van der Waals surface area contributed by atoms with Gasteiger partial charge in [0.15, 0.2) is 6.10 Å². The zero-order valence-electron chi connectivity index (χ0n) is 48.5. The van der Waals surface area contributed by atoms with Crippen LogP contribution in [0.15, 0.2) is 48.6 Å². The Hall–Kier alpha value is -2.49. The maximum absolute atomic E-state index is 14.1. The third-order valence-electron chi connectivity index (χ3n) is 12.7. The van der Waals surface area contributed by atoms with Crippen LogP contribution in [-0.4, -0.2) is 83.2 Å². The number of allylic oxidation sites excluding steroid dienone is 4. The molecular formula is C61H112NO9P. The molecule has 0 bridgehead atoms. The van der Waals surface area contributed by atoms with Gasteiger partial charge in [-0.3, -0.25) is 23.2 Å². The standard InChI is InChI=1S/C60H109NO9P.CH3/c1-11-13-15-17-19-21-23-25-27-29-31-33-35-37-39-41-57(62)66-51-56(70-58(63)42-40-38-36-34-32-30-28-26-24-22-20-18-16-14-12-2)52-69-71(64,67-48-47-61(8,9)10)68-50-49-65-55-45-43-54(44-46-55)60(6,7)53-59(3,4)5;/h25-28,43-46,56H,11-24,29-42,47-53H2,1-10H3;1H3/q+1;-1/b27-25-,28-26-;/t56-,71?;/m1./s1. The highest BCUT2D eigenvalue weighted by Gasteiger charge is 2.31. The number of unbranched alkanes of at least 4 members (excludes halogenated alkanes) is 22. The molecule has 72 heavy (non-hydrogen) atoms. The van der Waals surface area contributed by atoms with Gasteiger partial charge in [0.2, 0.25) is 0 Å². The quantitative estimate of drug-likeness (QED) is 0.0158. The molecule has 0 fully saturated rings. The van der Waals surface area contributed by atoms with E-state index in [0.29, 0.717) is 23.2 Å². The van der Waals surface area contributed by atoms with Crippen LogP contribution in [0, 0.1) is 12.8 Å². The molecule has 1 unspecified atom stereocenters. The van der Waals surface area contributed by atoms with E-state index in [1.165, 1.54) is 95.5 Å². The number of carbonyl (C=O) groups excluding carboxylic acids is 2. The molecule has 0 amide bonds. The van der Waals surface area contributed by atoms with Gasteiger partial charge in [0.25, 0.3) is 0 Å². The molecule has 0 aromatic heterocycles. The van der Waals surface area contributed by atoms with Gasteiger partial charge in [-0.2, -0.15) is 0 Å². The molecule has 11 heteroatoms. The van der Waals surface area contributed by atoms with Gasteiger partial charge in [0, 0.05) is 12.8 Å². The van der Waals surface area contributed by atoms with E-state index in [1.807, 2.05) is 33.3 Å². The fourth-order valence-corrected chi connectivity index (χ4v) is 9.93. The molecule has 2 atom stereocenters. The number of phosphoric acid groups is 1. The summed E-state index contributed by atoms with van der Waals surface area (Å²) in [6.07, 6.45) is 40.3. The van der Waals surface area contributed by atoms with Crippen molar-refractivity contribution >= 4 is 19.8 Å². The van der Waals surface area contributed by atoms with Crippen LogP contribution in [0.2, 0.25) is 0 Å². The maximum Gasteiger partial charge on any atom is 0.475 e. The fourth-order valence-electron chi connectivity index (χ4n) is 8.75. The summed E-state index contributed by atoms with van der Waals surface area (Å²) in [6, 6.07) is 8.08. The Morgan fingerprint density at radius 1 is 0.556 bits per heavy atom. The summed E-state index contributed by atoms with van der Waals surface area (Å²) < 4.78 is 49.6. The number of hydrogen-bond acceptors (Lipinski definition) is 9. The van der Waals surface area contributed by atoms with E-state index >= 15 is 0 Å². The third-order valence-corrected chi connectivity index (χ3v) is 14.1. The van der Waals surface area contributed by atoms with Crippen molar-refractivity contribution in [2.45, 2.75) is 246 Å². The molecular weight excluding hydrogens is 922 g/mol. The number of likely N-dealkylation sites (N-methyl/N-ethyl adjacent to an activating group) is 1. The average Bonchev–Trinajstić information content (AvgIpc) is 3.30. The topological polar surface area (TPSA) is 107 Å². The molecule has 0 aliphatic heterocycles. The third kappa shape index (κ3) is 41.8. The lowest BCUT2D eigenvalue weighted by Gasteiger charge is -2.33. The van der Waals surface area contributed by atoms with Crippen molar-refractivity contribution in [3.05, 3.63) is 61.6 Å². The summed E-state index contributed by atoms with van der Waals surface area (Å²) in [5.41, 5.74) is 1.43. The Morgan fingerprint density at radius 3 is 1.44 bits per heavy atom.